The topological polar surface area (TPSA) is 0 Å². The summed E-state index contributed by atoms with van der Waals surface area (Å²) >= 11 is 0. The van der Waals surface area contributed by atoms with Gasteiger partial charge in [0.25, 0.3) is 0 Å². The Balaban J connectivity index is 2.77. The molecule has 1 rings (SSSR count). The molecule has 0 saturated heterocycles. The maximum Gasteiger partial charge on any atom is 0.110 e. The van der Waals surface area contributed by atoms with Crippen molar-refractivity contribution in [1.82, 2.24) is 0 Å². The summed E-state index contributed by atoms with van der Waals surface area (Å²) in [4.78, 5) is 0. The third kappa shape index (κ3) is 2.11. The second kappa shape index (κ2) is 4.06. The molecule has 0 radical (unpaired) electrons. The molecule has 1 aliphatic carbocycles. The van der Waals surface area contributed by atoms with Crippen LogP contribution in [0.5, 0.6) is 0 Å². The first-order valence-corrected chi connectivity index (χ1v) is 5.98. The summed E-state index contributed by atoms with van der Waals surface area (Å²) in [5.41, 5.74) is 0. The van der Waals surface area contributed by atoms with E-state index < -0.39 is 0 Å². The molecule has 0 aliphatic heterocycles. The zero-order chi connectivity index (χ0) is 10.1. The van der Waals surface area contributed by atoms with Gasteiger partial charge in [-0.2, -0.15) is 0 Å². The van der Waals surface area contributed by atoms with Crippen LogP contribution in [0.3, 0.4) is 0 Å². The van der Waals surface area contributed by atoms with Gasteiger partial charge in [-0.25, -0.2) is 0 Å². The average Bonchev–Trinajstić information content (AvgIpc) is 2.04. The molecule has 2 atom stereocenters. The minimum atomic E-state index is 0.617. The molecule has 0 amide bonds. The van der Waals surface area contributed by atoms with Gasteiger partial charge in [0.05, 0.1) is 0 Å². The first-order chi connectivity index (χ1) is 5.98. The quantitative estimate of drug-likeness (QED) is 0.572. The molecule has 0 N–H and O–H groups in total. The summed E-state index contributed by atoms with van der Waals surface area (Å²) in [5.74, 6) is 2.68. The molecule has 0 heterocycles. The van der Waals surface area contributed by atoms with E-state index in [1.54, 1.807) is 0 Å². The predicted octanol–water partition coefficient (Wildman–Crippen LogP) is 3.28. The molecule has 0 spiro atoms. The molecule has 76 valence electrons. The number of hydrogen-bond acceptors (Lipinski definition) is 0. The summed E-state index contributed by atoms with van der Waals surface area (Å²) in [7, 11) is 2.52. The summed E-state index contributed by atoms with van der Waals surface area (Å²) in [6, 6.07) is 0. The van der Waals surface area contributed by atoms with Crippen molar-refractivity contribution in [3.05, 3.63) is 0 Å². The smallest absolute Gasteiger partial charge is 0.0629 e. The van der Waals surface area contributed by atoms with E-state index >= 15 is 0 Å². The molecule has 0 aromatic rings. The molecule has 0 aromatic carbocycles. The van der Waals surface area contributed by atoms with Crippen molar-refractivity contribution in [2.45, 2.75) is 58.7 Å². The lowest BCUT2D eigenvalue weighted by Gasteiger charge is -2.47. The van der Waals surface area contributed by atoms with Crippen molar-refractivity contribution in [3.8, 4) is 0 Å². The van der Waals surface area contributed by atoms with Gasteiger partial charge in [-0.15, -0.1) is 0 Å². The lowest BCUT2D eigenvalue weighted by molar-refractivity contribution is 0.154. The van der Waals surface area contributed by atoms with Gasteiger partial charge < -0.3 is 0 Å². The molecular weight excluding hydrogens is 155 g/mol. The highest BCUT2D eigenvalue weighted by atomic mass is 14.4. The molecule has 0 bridgehead atoms. The Hall–Kier alpha value is 0.0649. The van der Waals surface area contributed by atoms with Crippen molar-refractivity contribution >= 4 is 7.85 Å². The van der Waals surface area contributed by atoms with Gasteiger partial charge >= 0.3 is 0 Å². The van der Waals surface area contributed by atoms with E-state index in [4.69, 9.17) is 0 Å². The SMILES string of the molecule is BC1(C(C)C)CCCCC1C(C)C. The van der Waals surface area contributed by atoms with Gasteiger partial charge in [0, 0.05) is 0 Å². The summed E-state index contributed by atoms with van der Waals surface area (Å²) in [6.07, 6.45) is 5.84. The Bertz CT molecular complexity index is 163. The van der Waals surface area contributed by atoms with Gasteiger partial charge in [-0.3, -0.25) is 0 Å². The lowest BCUT2D eigenvalue weighted by Crippen LogP contribution is -2.35. The monoisotopic (exact) mass is 180 g/mol. The first kappa shape index (κ1) is 11.1. The maximum absolute atomic E-state index is 2.52. The van der Waals surface area contributed by atoms with E-state index in [0.29, 0.717) is 5.31 Å². The van der Waals surface area contributed by atoms with Crippen molar-refractivity contribution in [2.75, 3.05) is 0 Å². The molecule has 1 heteroatoms. The highest BCUT2D eigenvalue weighted by Crippen LogP contribution is 2.53. The number of hydrogen-bond donors (Lipinski definition) is 0. The lowest BCUT2D eigenvalue weighted by atomic mass is 9.47. The molecule has 1 saturated carbocycles. The van der Waals surface area contributed by atoms with Crippen LogP contribution in [0, 0.1) is 17.8 Å². The standard InChI is InChI=1S/C12H25B/c1-9(2)11-7-5-6-8-12(11,13)10(3)4/h9-11H,5-8,13H2,1-4H3. The second-order valence-electron chi connectivity index (χ2n) is 5.76. The first-order valence-electron chi connectivity index (χ1n) is 5.98. The molecule has 2 unspecified atom stereocenters. The summed E-state index contributed by atoms with van der Waals surface area (Å²) < 4.78 is 0. The van der Waals surface area contributed by atoms with Crippen LogP contribution in [0.15, 0.2) is 0 Å². The fourth-order valence-electron chi connectivity index (χ4n) is 3.20. The third-order valence-electron chi connectivity index (χ3n) is 4.45. The Labute approximate surface area is 84.9 Å². The van der Waals surface area contributed by atoms with Crippen molar-refractivity contribution < 1.29 is 0 Å². The molecule has 1 fully saturated rings. The van der Waals surface area contributed by atoms with Crippen LogP contribution in [0.2, 0.25) is 5.31 Å². The van der Waals surface area contributed by atoms with Gasteiger partial charge in [0.15, 0.2) is 0 Å². The van der Waals surface area contributed by atoms with Crippen LogP contribution in [-0.2, 0) is 0 Å². The fraction of sp³-hybridized carbons (Fsp3) is 1.00. The highest BCUT2D eigenvalue weighted by Gasteiger charge is 2.39. The van der Waals surface area contributed by atoms with Crippen LogP contribution in [-0.4, -0.2) is 7.85 Å². The molecule has 1 aliphatic rings. The number of rotatable bonds is 2. The zero-order valence-corrected chi connectivity index (χ0v) is 10.1. The molecular formula is C12H25B. The predicted molar refractivity (Wildman–Crippen MR) is 62.9 cm³/mol. The van der Waals surface area contributed by atoms with Crippen LogP contribution >= 0.6 is 0 Å². The van der Waals surface area contributed by atoms with Crippen molar-refractivity contribution in [2.24, 2.45) is 17.8 Å². The van der Waals surface area contributed by atoms with Gasteiger partial charge in [-0.1, -0.05) is 58.7 Å². The molecule has 0 aromatic heterocycles. The Kier molecular flexibility index (Phi) is 3.48. The van der Waals surface area contributed by atoms with Crippen molar-refractivity contribution in [3.63, 3.8) is 0 Å². The van der Waals surface area contributed by atoms with E-state index in [0.717, 1.165) is 17.8 Å². The Morgan fingerprint density at radius 3 is 2.15 bits per heavy atom. The van der Waals surface area contributed by atoms with Gasteiger partial charge in [0.1, 0.15) is 7.85 Å². The van der Waals surface area contributed by atoms with Gasteiger partial charge in [-0.05, 0) is 17.8 Å². The maximum atomic E-state index is 2.52. The average molecular weight is 180 g/mol. The van der Waals surface area contributed by atoms with E-state index in [-0.39, 0.29) is 0 Å². The minimum absolute atomic E-state index is 0.617. The summed E-state index contributed by atoms with van der Waals surface area (Å²) in [6.45, 7) is 9.61. The second-order valence-corrected chi connectivity index (χ2v) is 5.76. The van der Waals surface area contributed by atoms with E-state index in [1.165, 1.54) is 25.7 Å². The van der Waals surface area contributed by atoms with Crippen LogP contribution in [0.1, 0.15) is 53.4 Å². The van der Waals surface area contributed by atoms with E-state index in [1.807, 2.05) is 0 Å². The van der Waals surface area contributed by atoms with Gasteiger partial charge in [0.2, 0.25) is 0 Å². The normalized spacial score (nSPS) is 35.7. The van der Waals surface area contributed by atoms with Crippen LogP contribution < -0.4 is 0 Å². The van der Waals surface area contributed by atoms with Crippen molar-refractivity contribution in [1.29, 1.82) is 0 Å². The zero-order valence-electron chi connectivity index (χ0n) is 10.1. The van der Waals surface area contributed by atoms with E-state index in [2.05, 4.69) is 35.5 Å². The van der Waals surface area contributed by atoms with Crippen LogP contribution in [0.25, 0.3) is 0 Å². The highest BCUT2D eigenvalue weighted by molar-refractivity contribution is 6.15. The fourth-order valence-corrected chi connectivity index (χ4v) is 3.20. The minimum Gasteiger partial charge on any atom is -0.0629 e. The Morgan fingerprint density at radius 2 is 1.77 bits per heavy atom. The van der Waals surface area contributed by atoms with E-state index in [9.17, 15) is 0 Å². The molecule has 13 heavy (non-hydrogen) atoms. The largest absolute Gasteiger partial charge is 0.110 e. The third-order valence-corrected chi connectivity index (χ3v) is 4.45. The van der Waals surface area contributed by atoms with Crippen LogP contribution in [0.4, 0.5) is 0 Å². The summed E-state index contributed by atoms with van der Waals surface area (Å²) in [5, 5.41) is 0.617. The Morgan fingerprint density at radius 1 is 1.15 bits per heavy atom. The molecule has 0 nitrogen and oxygen atoms in total.